The Kier molecular flexibility index (Phi) is 6.91. The third-order valence-electron chi connectivity index (χ3n) is 5.30. The lowest BCUT2D eigenvalue weighted by Crippen LogP contribution is -2.40. The van der Waals surface area contributed by atoms with Crippen LogP contribution in [0, 0.1) is 5.92 Å². The van der Waals surface area contributed by atoms with Crippen molar-refractivity contribution in [3.8, 4) is 5.75 Å². The second-order valence-corrected chi connectivity index (χ2v) is 6.68. The molecule has 0 amide bonds. The van der Waals surface area contributed by atoms with Crippen LogP contribution in [0.2, 0.25) is 0 Å². The Morgan fingerprint density at radius 2 is 2.27 bits per heavy atom. The van der Waals surface area contributed by atoms with Crippen LogP contribution in [-0.2, 0) is 11.8 Å². The van der Waals surface area contributed by atoms with Crippen molar-refractivity contribution in [1.82, 2.24) is 15.6 Å². The zero-order valence-corrected chi connectivity index (χ0v) is 16.4. The molecule has 2 unspecified atom stereocenters. The highest BCUT2D eigenvalue weighted by atomic mass is 16.5. The molecule has 0 aliphatic carbocycles. The average molecular weight is 358 g/mol. The summed E-state index contributed by atoms with van der Waals surface area (Å²) in [4.78, 5) is 12.8. The molecule has 0 saturated carbocycles. The molecule has 0 spiro atoms. The number of aliphatic imine (C=N–C) groups is 2. The van der Waals surface area contributed by atoms with E-state index in [0.29, 0.717) is 18.5 Å². The van der Waals surface area contributed by atoms with Gasteiger partial charge in [0.05, 0.1) is 12.3 Å². The van der Waals surface area contributed by atoms with Crippen LogP contribution in [-0.4, -0.2) is 44.0 Å². The molecule has 1 aliphatic heterocycles. The first kappa shape index (κ1) is 20.1. The molecule has 6 nitrogen and oxygen atoms in total. The smallest absolute Gasteiger partial charge is 0.218 e. The Morgan fingerprint density at radius 1 is 1.50 bits per heavy atom. The van der Waals surface area contributed by atoms with Crippen LogP contribution in [0.1, 0.15) is 38.4 Å². The lowest BCUT2D eigenvalue weighted by Gasteiger charge is -2.37. The van der Waals surface area contributed by atoms with Crippen LogP contribution in [0.25, 0.3) is 0 Å². The van der Waals surface area contributed by atoms with Crippen molar-refractivity contribution in [1.29, 1.82) is 0 Å². The van der Waals surface area contributed by atoms with Crippen molar-refractivity contribution in [3.63, 3.8) is 0 Å². The topological polar surface area (TPSA) is 70.9 Å². The van der Waals surface area contributed by atoms with E-state index in [-0.39, 0.29) is 11.6 Å². The second-order valence-electron chi connectivity index (χ2n) is 6.68. The summed E-state index contributed by atoms with van der Waals surface area (Å²) in [5.41, 5.74) is 2.05. The Hall–Kier alpha value is -2.21. The van der Waals surface area contributed by atoms with E-state index in [9.17, 15) is 0 Å². The van der Waals surface area contributed by atoms with Gasteiger partial charge in [0.2, 0.25) is 5.96 Å². The summed E-state index contributed by atoms with van der Waals surface area (Å²) < 4.78 is 5.92. The Labute approximate surface area is 156 Å². The van der Waals surface area contributed by atoms with Crippen molar-refractivity contribution >= 4 is 12.7 Å². The highest BCUT2D eigenvalue weighted by Gasteiger charge is 2.37. The van der Waals surface area contributed by atoms with Crippen LogP contribution in [0.3, 0.4) is 0 Å². The molecule has 0 fully saturated rings. The molecule has 3 atom stereocenters. The van der Waals surface area contributed by atoms with Gasteiger partial charge in [-0.2, -0.15) is 0 Å². The Bertz CT molecular complexity index is 672. The van der Waals surface area contributed by atoms with Crippen molar-refractivity contribution in [3.05, 3.63) is 36.2 Å². The quantitative estimate of drug-likeness (QED) is 0.426. The second kappa shape index (κ2) is 8.94. The number of nitrogens with one attached hydrogen (secondary N) is 2. The van der Waals surface area contributed by atoms with Crippen molar-refractivity contribution in [2.75, 3.05) is 20.2 Å². The SMILES string of the molecule is C=C[C@](CC)(c1ccnc2c1OCC2)C(C)CNC(C)/N=C(\N=C)NC. The number of hydrogen-bond acceptors (Lipinski definition) is 4. The molecule has 0 saturated heterocycles. The minimum absolute atomic E-state index is 0.0656. The molecule has 2 N–H and O–H groups in total. The third-order valence-corrected chi connectivity index (χ3v) is 5.30. The van der Waals surface area contributed by atoms with Gasteiger partial charge >= 0.3 is 0 Å². The van der Waals surface area contributed by atoms with Gasteiger partial charge in [0.1, 0.15) is 11.9 Å². The van der Waals surface area contributed by atoms with Gasteiger partial charge in [-0.1, -0.05) is 19.9 Å². The van der Waals surface area contributed by atoms with E-state index in [2.05, 4.69) is 64.9 Å². The standard InChI is InChI=1S/C20H31N5O/c1-7-20(8-2,16-9-11-23-17-10-12-26-18(16)17)14(3)13-24-15(4)25-19(21-5)22-6/h7,9,11,14-15,24H,1,5,8,10,12-13H2,2-4,6H3,(H,22,25)/t14?,15?,20-/m1/s1. The van der Waals surface area contributed by atoms with E-state index in [1.54, 1.807) is 7.05 Å². The van der Waals surface area contributed by atoms with Gasteiger partial charge in [-0.05, 0) is 32.0 Å². The van der Waals surface area contributed by atoms with Crippen molar-refractivity contribution in [2.24, 2.45) is 15.9 Å². The number of rotatable bonds is 8. The van der Waals surface area contributed by atoms with Gasteiger partial charge in [-0.25, -0.2) is 9.98 Å². The number of nitrogens with zero attached hydrogens (tertiary/aromatic N) is 3. The number of aromatic nitrogens is 1. The first-order valence-corrected chi connectivity index (χ1v) is 9.22. The number of allylic oxidation sites excluding steroid dienone is 1. The van der Waals surface area contributed by atoms with E-state index in [1.165, 1.54) is 5.56 Å². The van der Waals surface area contributed by atoms with Gasteiger partial charge in [0.25, 0.3) is 0 Å². The maximum Gasteiger partial charge on any atom is 0.218 e. The maximum absolute atomic E-state index is 5.92. The van der Waals surface area contributed by atoms with Gasteiger partial charge in [0, 0.05) is 37.2 Å². The molecule has 1 aromatic rings. The Morgan fingerprint density at radius 3 is 2.88 bits per heavy atom. The van der Waals surface area contributed by atoms with E-state index < -0.39 is 0 Å². The van der Waals surface area contributed by atoms with Gasteiger partial charge < -0.3 is 10.1 Å². The fourth-order valence-corrected chi connectivity index (χ4v) is 3.65. The Balaban J connectivity index is 2.21. The lowest BCUT2D eigenvalue weighted by atomic mass is 9.68. The number of guanidine groups is 1. The number of fused-ring (bicyclic) bond motifs is 1. The zero-order chi connectivity index (χ0) is 19.2. The van der Waals surface area contributed by atoms with Gasteiger partial charge in [0.15, 0.2) is 0 Å². The summed E-state index contributed by atoms with van der Waals surface area (Å²) in [5, 5.41) is 6.39. The molecule has 0 radical (unpaired) electrons. The molecule has 2 rings (SSSR count). The van der Waals surface area contributed by atoms with Crippen LogP contribution in [0.5, 0.6) is 5.75 Å². The molecular weight excluding hydrogens is 326 g/mol. The van der Waals surface area contributed by atoms with Crippen LogP contribution >= 0.6 is 0 Å². The normalized spacial score (nSPS) is 18.2. The van der Waals surface area contributed by atoms with Crippen LogP contribution in [0.15, 0.2) is 34.9 Å². The monoisotopic (exact) mass is 357 g/mol. The van der Waals surface area contributed by atoms with Crippen LogP contribution in [0.4, 0.5) is 0 Å². The summed E-state index contributed by atoms with van der Waals surface area (Å²) in [6.45, 7) is 15.6. The summed E-state index contributed by atoms with van der Waals surface area (Å²) in [6.07, 6.45) is 5.70. The fraction of sp³-hybridized carbons (Fsp3) is 0.550. The maximum atomic E-state index is 5.92. The minimum Gasteiger partial charge on any atom is -0.491 e. The highest BCUT2D eigenvalue weighted by molar-refractivity contribution is 5.83. The van der Waals surface area contributed by atoms with Gasteiger partial charge in [-0.15, -0.1) is 6.58 Å². The van der Waals surface area contributed by atoms with E-state index in [0.717, 1.165) is 30.8 Å². The summed E-state index contributed by atoms with van der Waals surface area (Å²) >= 11 is 0. The molecule has 26 heavy (non-hydrogen) atoms. The summed E-state index contributed by atoms with van der Waals surface area (Å²) in [7, 11) is 1.78. The number of ether oxygens (including phenoxy) is 1. The predicted molar refractivity (Wildman–Crippen MR) is 108 cm³/mol. The predicted octanol–water partition coefficient (Wildman–Crippen LogP) is 2.70. The van der Waals surface area contributed by atoms with E-state index in [4.69, 9.17) is 4.74 Å². The van der Waals surface area contributed by atoms with E-state index in [1.807, 2.05) is 13.1 Å². The molecular formula is C20H31N5O. The first-order chi connectivity index (χ1) is 12.5. The molecule has 0 aromatic carbocycles. The fourth-order valence-electron chi connectivity index (χ4n) is 3.65. The summed E-state index contributed by atoms with van der Waals surface area (Å²) in [6, 6.07) is 2.08. The van der Waals surface area contributed by atoms with E-state index >= 15 is 0 Å². The largest absolute Gasteiger partial charge is 0.491 e. The van der Waals surface area contributed by atoms with Crippen molar-refractivity contribution in [2.45, 2.75) is 45.2 Å². The molecule has 142 valence electrons. The molecule has 2 heterocycles. The average Bonchev–Trinajstić information content (AvgIpc) is 3.15. The molecule has 0 bridgehead atoms. The van der Waals surface area contributed by atoms with Crippen molar-refractivity contribution < 1.29 is 4.74 Å². The molecule has 6 heteroatoms. The molecule has 1 aliphatic rings. The minimum atomic E-state index is -0.184. The number of pyridine rings is 1. The molecule has 1 aromatic heterocycles. The lowest BCUT2D eigenvalue weighted by molar-refractivity contribution is 0.298. The third kappa shape index (κ3) is 3.96. The zero-order valence-electron chi connectivity index (χ0n) is 16.4. The summed E-state index contributed by atoms with van der Waals surface area (Å²) in [5.74, 6) is 1.78. The number of hydrogen-bond donors (Lipinski definition) is 2. The van der Waals surface area contributed by atoms with Gasteiger partial charge in [-0.3, -0.25) is 10.3 Å². The first-order valence-electron chi connectivity index (χ1n) is 9.22. The highest BCUT2D eigenvalue weighted by Crippen LogP contribution is 2.43. The van der Waals surface area contributed by atoms with Crippen LogP contribution < -0.4 is 15.4 Å².